The number of nitrogens with zero attached hydrogens (tertiary/aromatic N) is 3. The summed E-state index contributed by atoms with van der Waals surface area (Å²) in [6, 6.07) is 6.16. The molecular weight excluding hydrogens is 330 g/mol. The molecule has 1 aliphatic heterocycles. The summed E-state index contributed by atoms with van der Waals surface area (Å²) in [5, 5.41) is 13.7. The molecule has 2 unspecified atom stereocenters. The Hall–Kier alpha value is -2.63. The van der Waals surface area contributed by atoms with Crippen molar-refractivity contribution in [3.05, 3.63) is 46.8 Å². The van der Waals surface area contributed by atoms with E-state index >= 15 is 0 Å². The molecular formula is C20H25N3O3. The summed E-state index contributed by atoms with van der Waals surface area (Å²) in [7, 11) is 0. The lowest BCUT2D eigenvalue weighted by molar-refractivity contribution is -0.143. The molecule has 1 aromatic carbocycles. The van der Waals surface area contributed by atoms with Crippen LogP contribution < -0.4 is 0 Å². The minimum atomic E-state index is -0.836. The standard InChI is InChI=1S/C20H25N3O3/c1-12-5-6-13(2)18(9-12)23-15(4)17(10-21-23)19(24)22-11-16(20(25)26)8-7-14(22)3/h5-6,9-10,14,16H,7-8,11H2,1-4H3,(H,25,26). The van der Waals surface area contributed by atoms with Gasteiger partial charge in [-0.1, -0.05) is 12.1 Å². The van der Waals surface area contributed by atoms with E-state index in [0.29, 0.717) is 18.4 Å². The number of likely N-dealkylation sites (tertiary alicyclic amines) is 1. The number of carbonyl (C=O) groups excluding carboxylic acids is 1. The van der Waals surface area contributed by atoms with E-state index in [1.54, 1.807) is 15.8 Å². The Morgan fingerprint density at radius 2 is 1.92 bits per heavy atom. The normalized spacial score (nSPS) is 20.2. The third-order valence-electron chi connectivity index (χ3n) is 5.33. The van der Waals surface area contributed by atoms with Crippen LogP contribution in [0.1, 0.15) is 46.9 Å². The predicted octanol–water partition coefficient (Wildman–Crippen LogP) is 3.12. The van der Waals surface area contributed by atoms with E-state index in [1.165, 1.54) is 0 Å². The molecule has 0 saturated carbocycles. The van der Waals surface area contributed by atoms with Crippen LogP contribution in [0.4, 0.5) is 0 Å². The second-order valence-electron chi connectivity index (χ2n) is 7.26. The van der Waals surface area contributed by atoms with Crippen LogP contribution in [0.2, 0.25) is 0 Å². The highest BCUT2D eigenvalue weighted by atomic mass is 16.4. The highest BCUT2D eigenvalue weighted by Crippen LogP contribution is 2.26. The van der Waals surface area contributed by atoms with Crippen molar-refractivity contribution in [1.29, 1.82) is 0 Å². The van der Waals surface area contributed by atoms with Crippen LogP contribution in [0.25, 0.3) is 5.69 Å². The Morgan fingerprint density at radius 1 is 1.19 bits per heavy atom. The van der Waals surface area contributed by atoms with Gasteiger partial charge in [-0.25, -0.2) is 4.68 Å². The van der Waals surface area contributed by atoms with Gasteiger partial charge in [0.15, 0.2) is 0 Å². The molecule has 1 amide bonds. The van der Waals surface area contributed by atoms with Crippen molar-refractivity contribution < 1.29 is 14.7 Å². The topological polar surface area (TPSA) is 75.4 Å². The highest BCUT2D eigenvalue weighted by molar-refractivity contribution is 5.95. The van der Waals surface area contributed by atoms with Gasteiger partial charge in [0.05, 0.1) is 29.1 Å². The van der Waals surface area contributed by atoms with Crippen molar-refractivity contribution in [3.8, 4) is 5.69 Å². The molecule has 1 aromatic heterocycles. The van der Waals surface area contributed by atoms with Crippen LogP contribution in [0, 0.1) is 26.7 Å². The summed E-state index contributed by atoms with van der Waals surface area (Å²) >= 11 is 0. The fourth-order valence-electron chi connectivity index (χ4n) is 3.56. The highest BCUT2D eigenvalue weighted by Gasteiger charge is 2.34. The molecule has 138 valence electrons. The fraction of sp³-hybridized carbons (Fsp3) is 0.450. The maximum Gasteiger partial charge on any atom is 0.308 e. The quantitative estimate of drug-likeness (QED) is 0.918. The molecule has 2 atom stereocenters. The van der Waals surface area contributed by atoms with Gasteiger partial charge >= 0.3 is 5.97 Å². The number of aryl methyl sites for hydroxylation is 2. The van der Waals surface area contributed by atoms with Crippen molar-refractivity contribution in [2.45, 2.75) is 46.6 Å². The van der Waals surface area contributed by atoms with Gasteiger partial charge in [0, 0.05) is 12.6 Å². The van der Waals surface area contributed by atoms with E-state index < -0.39 is 11.9 Å². The van der Waals surface area contributed by atoms with Crippen LogP contribution in [0.3, 0.4) is 0 Å². The molecule has 1 saturated heterocycles. The SMILES string of the molecule is Cc1ccc(C)c(-n2ncc(C(=O)N3CC(C(=O)O)CCC3C)c2C)c1. The molecule has 26 heavy (non-hydrogen) atoms. The summed E-state index contributed by atoms with van der Waals surface area (Å²) in [6.45, 7) is 8.14. The Morgan fingerprint density at radius 3 is 2.62 bits per heavy atom. The Balaban J connectivity index is 1.93. The number of benzene rings is 1. The summed E-state index contributed by atoms with van der Waals surface area (Å²) in [5.41, 5.74) is 4.47. The van der Waals surface area contributed by atoms with E-state index in [9.17, 15) is 14.7 Å². The molecule has 1 N–H and O–H groups in total. The monoisotopic (exact) mass is 355 g/mol. The molecule has 0 bridgehead atoms. The van der Waals surface area contributed by atoms with Gasteiger partial charge in [0.25, 0.3) is 5.91 Å². The second-order valence-corrected chi connectivity index (χ2v) is 7.26. The Labute approximate surface area is 153 Å². The maximum atomic E-state index is 13.1. The minimum absolute atomic E-state index is 0.0292. The molecule has 1 aliphatic rings. The molecule has 1 fully saturated rings. The number of carbonyl (C=O) groups is 2. The van der Waals surface area contributed by atoms with Crippen LogP contribution in [0.5, 0.6) is 0 Å². The van der Waals surface area contributed by atoms with E-state index in [1.807, 2.05) is 45.9 Å². The van der Waals surface area contributed by atoms with Crippen LogP contribution in [0.15, 0.2) is 24.4 Å². The summed E-state index contributed by atoms with van der Waals surface area (Å²) in [5.74, 6) is -1.47. The lowest BCUT2D eigenvalue weighted by atomic mass is 9.93. The van der Waals surface area contributed by atoms with E-state index in [2.05, 4.69) is 5.10 Å². The van der Waals surface area contributed by atoms with Crippen molar-refractivity contribution in [3.63, 3.8) is 0 Å². The fourth-order valence-corrected chi connectivity index (χ4v) is 3.56. The first-order chi connectivity index (χ1) is 12.3. The molecule has 6 heteroatoms. The third kappa shape index (κ3) is 3.23. The van der Waals surface area contributed by atoms with Crippen LogP contribution in [-0.2, 0) is 4.79 Å². The van der Waals surface area contributed by atoms with Gasteiger partial charge in [-0.2, -0.15) is 5.10 Å². The molecule has 0 spiro atoms. The van der Waals surface area contributed by atoms with Crippen LogP contribution >= 0.6 is 0 Å². The van der Waals surface area contributed by atoms with E-state index in [0.717, 1.165) is 22.5 Å². The number of carboxylic acid groups (broad SMARTS) is 1. The first-order valence-electron chi connectivity index (χ1n) is 8.95. The maximum absolute atomic E-state index is 13.1. The number of amides is 1. The second kappa shape index (κ2) is 6.94. The summed E-state index contributed by atoms with van der Waals surface area (Å²) in [4.78, 5) is 26.1. The first-order valence-corrected chi connectivity index (χ1v) is 8.95. The third-order valence-corrected chi connectivity index (χ3v) is 5.33. The average Bonchev–Trinajstić information content (AvgIpc) is 2.98. The Bertz CT molecular complexity index is 856. The van der Waals surface area contributed by atoms with Gasteiger partial charge < -0.3 is 10.0 Å². The number of aliphatic carboxylic acids is 1. The predicted molar refractivity (Wildman–Crippen MR) is 98.6 cm³/mol. The molecule has 3 rings (SSSR count). The summed E-state index contributed by atoms with van der Waals surface area (Å²) in [6.07, 6.45) is 2.91. The lowest BCUT2D eigenvalue weighted by Crippen LogP contribution is -2.47. The molecule has 0 aliphatic carbocycles. The van der Waals surface area contributed by atoms with Gasteiger partial charge in [-0.3, -0.25) is 9.59 Å². The number of carboxylic acids is 1. The zero-order chi connectivity index (χ0) is 19.0. The smallest absolute Gasteiger partial charge is 0.308 e. The zero-order valence-corrected chi connectivity index (χ0v) is 15.7. The van der Waals surface area contributed by atoms with E-state index in [4.69, 9.17) is 0 Å². The number of aromatic nitrogens is 2. The zero-order valence-electron chi connectivity index (χ0n) is 15.7. The Kier molecular flexibility index (Phi) is 4.85. The largest absolute Gasteiger partial charge is 0.481 e. The van der Waals surface area contributed by atoms with Crippen molar-refractivity contribution in [2.24, 2.45) is 5.92 Å². The van der Waals surface area contributed by atoms with E-state index in [-0.39, 0.29) is 18.5 Å². The van der Waals surface area contributed by atoms with Crippen molar-refractivity contribution in [2.75, 3.05) is 6.54 Å². The van der Waals surface area contributed by atoms with Crippen molar-refractivity contribution in [1.82, 2.24) is 14.7 Å². The van der Waals surface area contributed by atoms with Gasteiger partial charge in [-0.05, 0) is 57.7 Å². The van der Waals surface area contributed by atoms with Crippen LogP contribution in [-0.4, -0.2) is 44.3 Å². The first kappa shape index (κ1) is 18.2. The minimum Gasteiger partial charge on any atom is -0.481 e. The molecule has 2 aromatic rings. The molecule has 6 nitrogen and oxygen atoms in total. The van der Waals surface area contributed by atoms with Crippen molar-refractivity contribution >= 4 is 11.9 Å². The number of hydrogen-bond donors (Lipinski definition) is 1. The number of hydrogen-bond acceptors (Lipinski definition) is 3. The summed E-state index contributed by atoms with van der Waals surface area (Å²) < 4.78 is 1.79. The van der Waals surface area contributed by atoms with Gasteiger partial charge in [0.2, 0.25) is 0 Å². The molecule has 2 heterocycles. The average molecular weight is 355 g/mol. The lowest BCUT2D eigenvalue weighted by Gasteiger charge is -2.36. The number of piperidine rings is 1. The number of rotatable bonds is 3. The molecule has 0 radical (unpaired) electrons. The van der Waals surface area contributed by atoms with Gasteiger partial charge in [-0.15, -0.1) is 0 Å². The van der Waals surface area contributed by atoms with Gasteiger partial charge in [0.1, 0.15) is 0 Å².